The Bertz CT molecular complexity index is 290. The van der Waals surface area contributed by atoms with Crippen molar-refractivity contribution in [1.82, 2.24) is 0 Å². The summed E-state index contributed by atoms with van der Waals surface area (Å²) >= 11 is 0. The molecule has 84 valence electrons. The van der Waals surface area contributed by atoms with E-state index in [1.54, 1.807) is 0 Å². The lowest BCUT2D eigenvalue weighted by atomic mass is 10.0. The fraction of sp³-hybridized carbons (Fsp3) is 0.364. The highest BCUT2D eigenvalue weighted by atomic mass is 35.5. The number of halogens is 1. The first-order valence-corrected chi connectivity index (χ1v) is 4.72. The summed E-state index contributed by atoms with van der Waals surface area (Å²) in [5.41, 5.74) is 6.96. The van der Waals surface area contributed by atoms with Crippen molar-refractivity contribution in [3.05, 3.63) is 35.9 Å². The average molecular weight is 230 g/mol. The first-order chi connectivity index (χ1) is 6.70. The summed E-state index contributed by atoms with van der Waals surface area (Å²) in [5.74, 6) is -0.759. The zero-order valence-electron chi connectivity index (χ0n) is 8.43. The minimum absolute atomic E-state index is 0. The Hall–Kier alpha value is -1.06. The van der Waals surface area contributed by atoms with Gasteiger partial charge in [0.15, 0.2) is 0 Å². The molecule has 0 aliphatic carbocycles. The van der Waals surface area contributed by atoms with Gasteiger partial charge in [0.05, 0.1) is 0 Å². The number of aliphatic carboxylic acids is 1. The van der Waals surface area contributed by atoms with Crippen molar-refractivity contribution in [1.29, 1.82) is 0 Å². The Morgan fingerprint density at radius 2 is 1.93 bits per heavy atom. The van der Waals surface area contributed by atoms with Gasteiger partial charge in [-0.2, -0.15) is 0 Å². The van der Waals surface area contributed by atoms with Crippen LogP contribution in [-0.2, 0) is 4.79 Å². The van der Waals surface area contributed by atoms with Crippen molar-refractivity contribution in [3.63, 3.8) is 0 Å². The predicted molar refractivity (Wildman–Crippen MR) is 62.1 cm³/mol. The molecule has 0 amide bonds. The Morgan fingerprint density at radius 1 is 1.33 bits per heavy atom. The Morgan fingerprint density at radius 3 is 2.47 bits per heavy atom. The van der Waals surface area contributed by atoms with E-state index in [4.69, 9.17) is 10.8 Å². The Labute approximate surface area is 95.7 Å². The molecule has 1 atom stereocenters. The summed E-state index contributed by atoms with van der Waals surface area (Å²) in [6.45, 7) is 0. The topological polar surface area (TPSA) is 63.3 Å². The van der Waals surface area contributed by atoms with Gasteiger partial charge in [0.1, 0.15) is 0 Å². The number of carboxylic acids is 1. The summed E-state index contributed by atoms with van der Waals surface area (Å²) < 4.78 is 0. The average Bonchev–Trinajstić information content (AvgIpc) is 2.18. The van der Waals surface area contributed by atoms with E-state index in [2.05, 4.69) is 0 Å². The fourth-order valence-electron chi connectivity index (χ4n) is 1.34. The molecular formula is C11H16ClNO2. The minimum Gasteiger partial charge on any atom is -0.481 e. The van der Waals surface area contributed by atoms with Crippen LogP contribution < -0.4 is 5.73 Å². The molecule has 0 aliphatic rings. The summed E-state index contributed by atoms with van der Waals surface area (Å²) in [5, 5.41) is 8.46. The molecule has 0 saturated carbocycles. The maximum atomic E-state index is 10.3. The van der Waals surface area contributed by atoms with Crippen LogP contribution in [-0.4, -0.2) is 11.1 Å². The molecule has 0 heterocycles. The van der Waals surface area contributed by atoms with Gasteiger partial charge >= 0.3 is 5.97 Å². The van der Waals surface area contributed by atoms with Crippen molar-refractivity contribution in [2.24, 2.45) is 5.73 Å². The fourth-order valence-corrected chi connectivity index (χ4v) is 1.34. The molecule has 0 fully saturated rings. The summed E-state index contributed by atoms with van der Waals surface area (Å²) in [4.78, 5) is 10.3. The molecular weight excluding hydrogens is 214 g/mol. The maximum absolute atomic E-state index is 10.3. The highest BCUT2D eigenvalue weighted by Gasteiger charge is 2.05. The maximum Gasteiger partial charge on any atom is 0.303 e. The number of hydrogen-bond donors (Lipinski definition) is 2. The van der Waals surface area contributed by atoms with Crippen molar-refractivity contribution >= 4 is 18.4 Å². The normalized spacial score (nSPS) is 11.5. The molecule has 15 heavy (non-hydrogen) atoms. The quantitative estimate of drug-likeness (QED) is 0.815. The lowest BCUT2D eigenvalue weighted by Gasteiger charge is -2.10. The summed E-state index contributed by atoms with van der Waals surface area (Å²) in [6, 6.07) is 9.69. The van der Waals surface area contributed by atoms with Crippen LogP contribution in [0.3, 0.4) is 0 Å². The third-order valence-electron chi connectivity index (χ3n) is 2.13. The largest absolute Gasteiger partial charge is 0.481 e. The van der Waals surface area contributed by atoms with Gasteiger partial charge in [0, 0.05) is 12.5 Å². The van der Waals surface area contributed by atoms with Gasteiger partial charge < -0.3 is 10.8 Å². The van der Waals surface area contributed by atoms with Crippen molar-refractivity contribution in [2.75, 3.05) is 0 Å². The molecule has 0 saturated heterocycles. The first kappa shape index (κ1) is 13.9. The van der Waals surface area contributed by atoms with Crippen LogP contribution in [0.1, 0.15) is 30.9 Å². The second-order valence-corrected chi connectivity index (χ2v) is 3.30. The molecule has 0 radical (unpaired) electrons. The van der Waals surface area contributed by atoms with E-state index in [0.717, 1.165) is 12.0 Å². The molecule has 0 aromatic heterocycles. The first-order valence-electron chi connectivity index (χ1n) is 4.72. The monoisotopic (exact) mass is 229 g/mol. The highest BCUT2D eigenvalue weighted by Crippen LogP contribution is 2.15. The Kier molecular flexibility index (Phi) is 6.75. The van der Waals surface area contributed by atoms with Crippen LogP contribution in [0, 0.1) is 0 Å². The molecule has 4 heteroatoms. The van der Waals surface area contributed by atoms with Crippen molar-refractivity contribution in [3.8, 4) is 0 Å². The molecule has 1 aromatic rings. The third-order valence-corrected chi connectivity index (χ3v) is 2.13. The predicted octanol–water partition coefficient (Wildman–Crippen LogP) is 2.36. The van der Waals surface area contributed by atoms with Gasteiger partial charge in [-0.3, -0.25) is 4.79 Å². The van der Waals surface area contributed by atoms with E-state index in [1.807, 2.05) is 30.3 Å². The van der Waals surface area contributed by atoms with Crippen LogP contribution in [0.5, 0.6) is 0 Å². The van der Waals surface area contributed by atoms with E-state index >= 15 is 0 Å². The molecule has 1 aromatic carbocycles. The van der Waals surface area contributed by atoms with E-state index in [1.165, 1.54) is 0 Å². The number of benzene rings is 1. The van der Waals surface area contributed by atoms with Gasteiger partial charge in [-0.1, -0.05) is 30.3 Å². The van der Waals surface area contributed by atoms with Crippen LogP contribution in [0.25, 0.3) is 0 Å². The molecule has 0 bridgehead atoms. The standard InChI is InChI=1S/C11H15NO2.ClH/c12-10(7-4-8-11(13)14)9-5-2-1-3-6-9;/h1-3,5-6,10H,4,7-8,12H2,(H,13,14);1H/t10-;/m0./s1. The number of carbonyl (C=O) groups is 1. The third kappa shape index (κ3) is 5.40. The number of hydrogen-bond acceptors (Lipinski definition) is 2. The van der Waals surface area contributed by atoms with Gasteiger partial charge in [0.2, 0.25) is 0 Å². The van der Waals surface area contributed by atoms with Crippen LogP contribution >= 0.6 is 12.4 Å². The minimum atomic E-state index is -0.759. The zero-order valence-corrected chi connectivity index (χ0v) is 9.24. The SMILES string of the molecule is Cl.N[C@@H](CCCC(=O)O)c1ccccc1. The van der Waals surface area contributed by atoms with E-state index < -0.39 is 5.97 Å². The van der Waals surface area contributed by atoms with Gasteiger partial charge in [-0.15, -0.1) is 12.4 Å². The van der Waals surface area contributed by atoms with Crippen LogP contribution in [0.2, 0.25) is 0 Å². The second-order valence-electron chi connectivity index (χ2n) is 3.30. The van der Waals surface area contributed by atoms with Gasteiger partial charge in [-0.25, -0.2) is 0 Å². The number of nitrogens with two attached hydrogens (primary N) is 1. The smallest absolute Gasteiger partial charge is 0.303 e. The second kappa shape index (κ2) is 7.26. The highest BCUT2D eigenvalue weighted by molar-refractivity contribution is 5.85. The van der Waals surface area contributed by atoms with Gasteiger partial charge in [-0.05, 0) is 18.4 Å². The van der Waals surface area contributed by atoms with Crippen molar-refractivity contribution < 1.29 is 9.90 Å². The summed E-state index contributed by atoms with van der Waals surface area (Å²) in [7, 11) is 0. The summed E-state index contributed by atoms with van der Waals surface area (Å²) in [6.07, 6.45) is 1.54. The molecule has 3 nitrogen and oxygen atoms in total. The van der Waals surface area contributed by atoms with E-state index in [9.17, 15) is 4.79 Å². The van der Waals surface area contributed by atoms with E-state index in [-0.39, 0.29) is 24.9 Å². The Balaban J connectivity index is 0.00000196. The molecule has 0 spiro atoms. The van der Waals surface area contributed by atoms with Crippen LogP contribution in [0.15, 0.2) is 30.3 Å². The van der Waals surface area contributed by atoms with Crippen LogP contribution in [0.4, 0.5) is 0 Å². The number of carboxylic acid groups (broad SMARTS) is 1. The lowest BCUT2D eigenvalue weighted by molar-refractivity contribution is -0.137. The number of rotatable bonds is 5. The molecule has 0 unspecified atom stereocenters. The lowest BCUT2D eigenvalue weighted by Crippen LogP contribution is -2.10. The molecule has 1 rings (SSSR count). The zero-order chi connectivity index (χ0) is 10.4. The molecule has 3 N–H and O–H groups in total. The molecule has 0 aliphatic heterocycles. The van der Waals surface area contributed by atoms with E-state index in [0.29, 0.717) is 6.42 Å². The van der Waals surface area contributed by atoms with Crippen molar-refractivity contribution in [2.45, 2.75) is 25.3 Å². The van der Waals surface area contributed by atoms with Gasteiger partial charge in [0.25, 0.3) is 0 Å².